The van der Waals surface area contributed by atoms with Gasteiger partial charge in [-0.25, -0.2) is 0 Å². The van der Waals surface area contributed by atoms with Crippen LogP contribution in [-0.4, -0.2) is 26.9 Å². The number of hydrogen-bond donors (Lipinski definition) is 0. The van der Waals surface area contributed by atoms with Gasteiger partial charge in [0.05, 0.1) is 22.3 Å². The van der Waals surface area contributed by atoms with Crippen LogP contribution in [0, 0.1) is 0 Å². The van der Waals surface area contributed by atoms with E-state index >= 15 is 0 Å². The minimum absolute atomic E-state index is 0.103. The van der Waals surface area contributed by atoms with Gasteiger partial charge in [-0.3, -0.25) is 19.5 Å². The minimum atomic E-state index is -0.438. The van der Waals surface area contributed by atoms with Gasteiger partial charge in [-0.15, -0.1) is 0 Å². The quantitative estimate of drug-likeness (QED) is 0.165. The van der Waals surface area contributed by atoms with Gasteiger partial charge >= 0.3 is 5.97 Å². The Morgan fingerprint density at radius 1 is 1.11 bits per heavy atom. The van der Waals surface area contributed by atoms with Crippen LogP contribution >= 0.6 is 35.6 Å². The molecule has 0 radical (unpaired) electrons. The van der Waals surface area contributed by atoms with E-state index in [1.165, 1.54) is 23.6 Å². The van der Waals surface area contributed by atoms with Crippen molar-refractivity contribution in [3.8, 4) is 5.75 Å². The molecule has 0 spiro atoms. The lowest BCUT2D eigenvalue weighted by atomic mass is 9.99. The molecule has 180 valence electrons. The SMILES string of the molecule is CC(=O)Oc1cccc(N2C(=O)/C(=C/N3N=C(c4ccccc4)CC3c3ccc(Cl)cc3)SC2=S)c1. The first-order chi connectivity index (χ1) is 17.4. The van der Waals surface area contributed by atoms with Gasteiger partial charge in [0, 0.05) is 30.6 Å². The zero-order valence-electron chi connectivity index (χ0n) is 19.1. The second-order valence-corrected chi connectivity index (χ2v) is 10.3. The van der Waals surface area contributed by atoms with E-state index in [1.807, 2.05) is 59.6 Å². The number of anilines is 1. The van der Waals surface area contributed by atoms with Crippen molar-refractivity contribution < 1.29 is 14.3 Å². The Kier molecular flexibility index (Phi) is 6.91. The van der Waals surface area contributed by atoms with Gasteiger partial charge in [0.1, 0.15) is 5.75 Å². The van der Waals surface area contributed by atoms with E-state index in [9.17, 15) is 9.59 Å². The molecule has 9 heteroatoms. The monoisotopic (exact) mass is 533 g/mol. The van der Waals surface area contributed by atoms with Gasteiger partial charge in [0.25, 0.3) is 5.91 Å². The van der Waals surface area contributed by atoms with Crippen molar-refractivity contribution in [2.24, 2.45) is 5.10 Å². The number of hydrazone groups is 1. The zero-order chi connectivity index (χ0) is 25.2. The summed E-state index contributed by atoms with van der Waals surface area (Å²) in [5.41, 5.74) is 3.53. The highest BCUT2D eigenvalue weighted by Crippen LogP contribution is 2.39. The second-order valence-electron chi connectivity index (χ2n) is 8.16. The number of benzene rings is 3. The number of nitrogens with zero attached hydrogens (tertiary/aromatic N) is 3. The first-order valence-electron chi connectivity index (χ1n) is 11.1. The topological polar surface area (TPSA) is 62.2 Å². The third kappa shape index (κ3) is 5.06. The molecule has 1 amide bonds. The number of carbonyl (C=O) groups excluding carboxylic acids is 2. The summed E-state index contributed by atoms with van der Waals surface area (Å²) in [5.74, 6) is -0.354. The molecule has 0 aromatic heterocycles. The molecule has 1 atom stereocenters. The van der Waals surface area contributed by atoms with Crippen molar-refractivity contribution in [1.82, 2.24) is 5.01 Å². The third-order valence-electron chi connectivity index (χ3n) is 5.68. The van der Waals surface area contributed by atoms with Gasteiger partial charge < -0.3 is 4.74 Å². The van der Waals surface area contributed by atoms with Crippen LogP contribution in [0.3, 0.4) is 0 Å². The summed E-state index contributed by atoms with van der Waals surface area (Å²) >= 11 is 12.9. The zero-order valence-corrected chi connectivity index (χ0v) is 21.5. The van der Waals surface area contributed by atoms with E-state index in [0.717, 1.165) is 16.8 Å². The number of rotatable bonds is 5. The second kappa shape index (κ2) is 10.3. The van der Waals surface area contributed by atoms with Gasteiger partial charge in [-0.1, -0.05) is 84.1 Å². The first kappa shape index (κ1) is 24.2. The fourth-order valence-electron chi connectivity index (χ4n) is 4.06. The number of carbonyl (C=O) groups is 2. The lowest BCUT2D eigenvalue weighted by molar-refractivity contribution is -0.131. The van der Waals surface area contributed by atoms with Crippen LogP contribution in [0.5, 0.6) is 5.75 Å². The predicted molar refractivity (Wildman–Crippen MR) is 147 cm³/mol. The lowest BCUT2D eigenvalue weighted by Crippen LogP contribution is -2.28. The standard InChI is InChI=1S/C27H20ClN3O3S2/c1-17(32)34-22-9-5-8-21(14-22)31-26(33)25(36-27(31)35)16-30-24(19-10-12-20(28)13-11-19)15-23(29-30)18-6-3-2-4-7-18/h2-14,16,24H,15H2,1H3/b25-16-. The van der Waals surface area contributed by atoms with Gasteiger partial charge in [-0.05, 0) is 35.4 Å². The molecule has 5 rings (SSSR count). The molecular weight excluding hydrogens is 514 g/mol. The molecule has 2 aliphatic heterocycles. The normalized spacial score (nSPS) is 18.7. The van der Waals surface area contributed by atoms with Crippen LogP contribution in [-0.2, 0) is 9.59 Å². The average molecular weight is 534 g/mol. The first-order valence-corrected chi connectivity index (χ1v) is 12.7. The van der Waals surface area contributed by atoms with Crippen LogP contribution in [0.25, 0.3) is 0 Å². The summed E-state index contributed by atoms with van der Waals surface area (Å²) in [5, 5.41) is 7.35. The number of thioether (sulfide) groups is 1. The maximum Gasteiger partial charge on any atom is 0.308 e. The largest absolute Gasteiger partial charge is 0.427 e. The predicted octanol–water partition coefficient (Wildman–Crippen LogP) is 6.32. The molecule has 36 heavy (non-hydrogen) atoms. The minimum Gasteiger partial charge on any atom is -0.427 e. The number of thiocarbonyl (C=S) groups is 1. The van der Waals surface area contributed by atoms with E-state index in [1.54, 1.807) is 30.5 Å². The Morgan fingerprint density at radius 3 is 2.58 bits per heavy atom. The molecule has 1 saturated heterocycles. The maximum absolute atomic E-state index is 13.4. The Hall–Kier alpha value is -3.46. The highest BCUT2D eigenvalue weighted by molar-refractivity contribution is 8.27. The summed E-state index contributed by atoms with van der Waals surface area (Å²) in [4.78, 5) is 26.7. The van der Waals surface area contributed by atoms with Crippen LogP contribution in [0.1, 0.15) is 30.5 Å². The smallest absolute Gasteiger partial charge is 0.308 e. The van der Waals surface area contributed by atoms with E-state index in [-0.39, 0.29) is 11.9 Å². The molecule has 1 unspecified atom stereocenters. The van der Waals surface area contributed by atoms with Crippen LogP contribution < -0.4 is 9.64 Å². The van der Waals surface area contributed by atoms with Crippen LogP contribution in [0.15, 0.2) is 95.1 Å². The summed E-state index contributed by atoms with van der Waals surface area (Å²) in [6.45, 7) is 1.33. The molecule has 0 N–H and O–H groups in total. The molecule has 2 heterocycles. The Morgan fingerprint density at radius 2 is 1.86 bits per heavy atom. The van der Waals surface area contributed by atoms with E-state index in [4.69, 9.17) is 33.7 Å². The third-order valence-corrected chi connectivity index (χ3v) is 7.23. The van der Waals surface area contributed by atoms with Crippen LogP contribution in [0.4, 0.5) is 5.69 Å². The van der Waals surface area contributed by atoms with Crippen molar-refractivity contribution in [2.75, 3.05) is 4.90 Å². The van der Waals surface area contributed by atoms with Crippen molar-refractivity contribution in [3.05, 3.63) is 106 Å². The van der Waals surface area contributed by atoms with E-state index in [2.05, 4.69) is 0 Å². The van der Waals surface area contributed by atoms with Gasteiger partial charge in [0.2, 0.25) is 0 Å². The van der Waals surface area contributed by atoms with E-state index < -0.39 is 5.97 Å². The van der Waals surface area contributed by atoms with Crippen molar-refractivity contribution in [1.29, 1.82) is 0 Å². The molecule has 0 saturated carbocycles. The van der Waals surface area contributed by atoms with Crippen LogP contribution in [0.2, 0.25) is 5.02 Å². The maximum atomic E-state index is 13.4. The molecule has 0 bridgehead atoms. The Bertz CT molecular complexity index is 1410. The number of halogens is 1. The molecule has 3 aromatic carbocycles. The van der Waals surface area contributed by atoms with Crippen molar-refractivity contribution in [3.63, 3.8) is 0 Å². The Balaban J connectivity index is 1.47. The molecule has 1 fully saturated rings. The Labute approximate surface area is 223 Å². The average Bonchev–Trinajstić information content (AvgIpc) is 3.40. The summed E-state index contributed by atoms with van der Waals surface area (Å²) in [6, 6.07) is 24.3. The summed E-state index contributed by atoms with van der Waals surface area (Å²) in [7, 11) is 0. The molecule has 2 aliphatic rings. The van der Waals surface area contributed by atoms with Gasteiger partial charge in [-0.2, -0.15) is 5.10 Å². The number of ether oxygens (including phenoxy) is 1. The summed E-state index contributed by atoms with van der Waals surface area (Å²) < 4.78 is 5.56. The fraction of sp³-hybridized carbons (Fsp3) is 0.111. The van der Waals surface area contributed by atoms with Crippen molar-refractivity contribution in [2.45, 2.75) is 19.4 Å². The number of esters is 1. The highest BCUT2D eigenvalue weighted by Gasteiger charge is 2.36. The summed E-state index contributed by atoms with van der Waals surface area (Å²) in [6.07, 6.45) is 2.43. The fourth-order valence-corrected chi connectivity index (χ4v) is 5.45. The molecule has 0 aliphatic carbocycles. The van der Waals surface area contributed by atoms with E-state index in [0.29, 0.717) is 32.1 Å². The molecule has 3 aromatic rings. The molecular formula is C27H20ClN3O3S2. The number of amides is 1. The lowest BCUT2D eigenvalue weighted by Gasteiger charge is -2.21. The number of hydrogen-bond acceptors (Lipinski definition) is 7. The highest BCUT2D eigenvalue weighted by atomic mass is 35.5. The van der Waals surface area contributed by atoms with Gasteiger partial charge in [0.15, 0.2) is 4.32 Å². The van der Waals surface area contributed by atoms with Crippen molar-refractivity contribution >= 4 is 63.2 Å². The molecule has 6 nitrogen and oxygen atoms in total.